The Labute approximate surface area is 339 Å². The van der Waals surface area contributed by atoms with Gasteiger partial charge in [0, 0.05) is 42.8 Å². The second-order valence-electron chi connectivity index (χ2n) is 17.8. The van der Waals surface area contributed by atoms with Crippen molar-refractivity contribution in [1.29, 1.82) is 0 Å². The molecule has 1 aromatic heterocycles. The van der Waals surface area contributed by atoms with E-state index in [9.17, 15) is 19.2 Å². The number of nitrogens with zero attached hydrogens (tertiary/aromatic N) is 3. The molecule has 3 aliphatic carbocycles. The molecule has 14 nitrogen and oxygen atoms in total. The summed E-state index contributed by atoms with van der Waals surface area (Å²) in [6.45, 7) is 12.6. The van der Waals surface area contributed by atoms with Gasteiger partial charge in [-0.15, -0.1) is 0 Å². The van der Waals surface area contributed by atoms with Crippen LogP contribution in [-0.2, 0) is 23.9 Å². The van der Waals surface area contributed by atoms with Crippen LogP contribution in [0.4, 0.5) is 4.79 Å². The molecule has 15 heteroatoms. The Morgan fingerprint density at radius 2 is 1.84 bits per heavy atom. The molecule has 4 unspecified atom stereocenters. The van der Waals surface area contributed by atoms with Crippen LogP contribution in [0.15, 0.2) is 29.3 Å². The van der Waals surface area contributed by atoms with E-state index >= 15 is 0 Å². The van der Waals surface area contributed by atoms with Crippen LogP contribution in [-0.4, -0.2) is 108 Å². The predicted octanol–water partition coefficient (Wildman–Crippen LogP) is 5.17. The maximum Gasteiger partial charge on any atom is 0.408 e. The minimum absolute atomic E-state index is 0.0366. The van der Waals surface area contributed by atoms with Gasteiger partial charge in [0.2, 0.25) is 11.8 Å². The summed E-state index contributed by atoms with van der Waals surface area (Å²) in [5.74, 6) is 2.35. The summed E-state index contributed by atoms with van der Waals surface area (Å²) in [6, 6.07) is 5.59. The molecule has 5 aliphatic rings. The molecule has 0 radical (unpaired) electrons. The number of carbonyl (C=O) groups excluding carboxylic acids is 4. The minimum Gasteiger partial charge on any atom is -0.491 e. The fraction of sp³-hybridized carbons (Fsp3) is 0.667. The number of amides is 3. The first-order valence-electron chi connectivity index (χ1n) is 20.5. The summed E-state index contributed by atoms with van der Waals surface area (Å²) in [7, 11) is 1.62. The van der Waals surface area contributed by atoms with Gasteiger partial charge in [-0.1, -0.05) is 45.9 Å². The molecule has 310 valence electrons. The topological polar surface area (TPSA) is 170 Å². The normalized spacial score (nSPS) is 29.4. The molecule has 2 aliphatic heterocycles. The molecule has 0 spiro atoms. The van der Waals surface area contributed by atoms with Crippen molar-refractivity contribution < 1.29 is 38.1 Å². The molecule has 9 atom stereocenters. The van der Waals surface area contributed by atoms with Gasteiger partial charge in [-0.25, -0.2) is 4.79 Å². The molecule has 1 saturated heterocycles. The second kappa shape index (κ2) is 16.6. The lowest BCUT2D eigenvalue weighted by molar-refractivity contribution is -0.142. The van der Waals surface area contributed by atoms with Gasteiger partial charge in [-0.2, -0.15) is 0 Å². The van der Waals surface area contributed by atoms with Crippen LogP contribution in [0.3, 0.4) is 0 Å². The first-order chi connectivity index (χ1) is 27.2. The molecular formula is C42H58N6O8S. The average molecular weight is 807 g/mol. The van der Waals surface area contributed by atoms with Crippen LogP contribution in [0, 0.1) is 23.2 Å². The number of methoxy groups -OCH3 is 1. The van der Waals surface area contributed by atoms with Crippen LogP contribution in [0.2, 0.25) is 0 Å². The fourth-order valence-corrected chi connectivity index (χ4v) is 9.65. The van der Waals surface area contributed by atoms with E-state index in [-0.39, 0.29) is 37.1 Å². The zero-order chi connectivity index (χ0) is 40.6. The molecule has 7 rings (SSSR count). The second-order valence-corrected chi connectivity index (χ2v) is 18.8. The number of aromatic nitrogens is 1. The third-order valence-corrected chi connectivity index (χ3v) is 12.9. The quantitative estimate of drug-likeness (QED) is 0.160. The first kappa shape index (κ1) is 41.1. The largest absolute Gasteiger partial charge is 0.491 e. The van der Waals surface area contributed by atoms with Gasteiger partial charge in [0.05, 0.1) is 29.9 Å². The highest BCUT2D eigenvalue weighted by Gasteiger charge is 2.56. The highest BCUT2D eigenvalue weighted by molar-refractivity contribution is 8.14. The number of fused-ring (bicyclic) bond motifs is 2. The molecule has 4 fully saturated rings. The van der Waals surface area contributed by atoms with Crippen LogP contribution in [0.1, 0.15) is 91.8 Å². The number of carbonyl (C=O) groups is 4. The van der Waals surface area contributed by atoms with Gasteiger partial charge in [0.25, 0.3) is 0 Å². The van der Waals surface area contributed by atoms with Crippen molar-refractivity contribution in [1.82, 2.24) is 25.8 Å². The van der Waals surface area contributed by atoms with E-state index < -0.39 is 47.0 Å². The molecule has 1 aromatic carbocycles. The monoisotopic (exact) mass is 806 g/mol. The van der Waals surface area contributed by atoms with E-state index in [0.29, 0.717) is 54.2 Å². The summed E-state index contributed by atoms with van der Waals surface area (Å²) in [5.41, 5.74) is -0.285. The average Bonchev–Trinajstić information content (AvgIpc) is 3.81. The van der Waals surface area contributed by atoms with E-state index in [1.54, 1.807) is 18.9 Å². The predicted molar refractivity (Wildman–Crippen MR) is 217 cm³/mol. The van der Waals surface area contributed by atoms with Gasteiger partial charge in [-0.3, -0.25) is 19.6 Å². The Hall–Kier alpha value is -4.11. The zero-order valence-corrected chi connectivity index (χ0v) is 35.0. The lowest BCUT2D eigenvalue weighted by atomic mass is 9.85. The summed E-state index contributed by atoms with van der Waals surface area (Å²) in [6.07, 6.45) is 3.80. The van der Waals surface area contributed by atoms with Crippen molar-refractivity contribution in [2.45, 2.75) is 122 Å². The Morgan fingerprint density at radius 3 is 2.51 bits per heavy atom. The van der Waals surface area contributed by atoms with Crippen molar-refractivity contribution in [3.63, 3.8) is 0 Å². The number of aliphatic imine (C=N–C) groups is 1. The molecule has 0 bridgehead atoms. The number of hydrogen-bond donors (Lipinski definition) is 3. The van der Waals surface area contributed by atoms with Gasteiger partial charge in [0.15, 0.2) is 5.17 Å². The van der Waals surface area contributed by atoms with Gasteiger partial charge in [-0.05, 0) is 74.8 Å². The first-order valence-corrected chi connectivity index (χ1v) is 21.4. The Balaban J connectivity index is 1.17. The van der Waals surface area contributed by atoms with E-state index in [1.165, 1.54) is 11.3 Å². The Morgan fingerprint density at radius 1 is 1.07 bits per heavy atom. The highest BCUT2D eigenvalue weighted by Crippen LogP contribution is 2.52. The van der Waals surface area contributed by atoms with Crippen LogP contribution in [0.5, 0.6) is 11.5 Å². The third kappa shape index (κ3) is 9.29. The number of hydrogen-bond acceptors (Lipinski definition) is 12. The zero-order valence-electron chi connectivity index (χ0n) is 34.2. The number of benzene rings is 1. The van der Waals surface area contributed by atoms with Crippen molar-refractivity contribution in [2.24, 2.45) is 28.2 Å². The maximum absolute atomic E-state index is 14.7. The van der Waals surface area contributed by atoms with Crippen molar-refractivity contribution in [2.75, 3.05) is 32.6 Å². The number of aldehydes is 1. The molecule has 3 amide bonds. The van der Waals surface area contributed by atoms with Crippen LogP contribution in [0.25, 0.3) is 10.9 Å². The van der Waals surface area contributed by atoms with E-state index in [1.807, 2.05) is 52.0 Å². The number of rotatable bonds is 15. The third-order valence-electron chi connectivity index (χ3n) is 11.9. The van der Waals surface area contributed by atoms with Crippen molar-refractivity contribution in [3.05, 3.63) is 30.0 Å². The van der Waals surface area contributed by atoms with Crippen molar-refractivity contribution >= 4 is 52.0 Å². The van der Waals surface area contributed by atoms with E-state index in [4.69, 9.17) is 28.9 Å². The molecule has 3 heterocycles. The molecule has 2 aromatic rings. The molecule has 3 N–H and O–H groups in total. The van der Waals surface area contributed by atoms with Crippen LogP contribution >= 0.6 is 11.8 Å². The lowest BCUT2D eigenvalue weighted by Crippen LogP contribution is -2.59. The summed E-state index contributed by atoms with van der Waals surface area (Å²) < 4.78 is 23.7. The number of thioether (sulfide) groups is 1. The minimum atomic E-state index is -0.990. The Kier molecular flexibility index (Phi) is 12.0. The molecule has 57 heavy (non-hydrogen) atoms. The fourth-order valence-electron chi connectivity index (χ4n) is 8.57. The van der Waals surface area contributed by atoms with Crippen molar-refractivity contribution in [3.8, 4) is 11.5 Å². The van der Waals surface area contributed by atoms with E-state index in [0.717, 1.165) is 41.8 Å². The number of alkyl carbamates (subject to hydrolysis) is 1. The number of amidine groups is 1. The lowest BCUT2D eigenvalue weighted by Gasteiger charge is -2.35. The van der Waals surface area contributed by atoms with Gasteiger partial charge >= 0.3 is 6.09 Å². The highest BCUT2D eigenvalue weighted by atomic mass is 32.2. The number of ether oxygens (including phenoxy) is 4. The standard InChI is InChI=1S/C42H58N6O8S/c1-8-26-19-42(26,22-49)47-37(50)34-17-29(20-48(34)38(51)36(41(4,5)6)46-40(52)56-28-14-24-13-25(24)15-28)55-35-18-32(33-21-57-39(45-33)43-23(2)3)44-31-16-27(9-10-30(31)35)54-12-11-53-7/h9-10,16,18,22-26,28-29,33-34,36H,8,11-15,17,19-21H2,1-7H3,(H,43,45)(H,46,52)(H,47,50)/t24-,25+,26?,28?,29-,33?,34+,36?,42+/m1/s1. The van der Waals surface area contributed by atoms with E-state index in [2.05, 4.69) is 29.8 Å². The SMILES string of the molecule is CCC1C[C@@]1(C=O)NC(=O)[C@@H]1C[C@@H](Oc2cc(C3CSC(NC(C)C)=N3)nc3cc(OCCOC)ccc23)CN1C(=O)C(NC(=O)OC1C[C@@H]2C[C@@H]2C1)C(C)(C)C. The van der Waals surface area contributed by atoms with Gasteiger partial charge in [0.1, 0.15) is 54.7 Å². The Bertz CT molecular complexity index is 1880. The number of nitrogens with one attached hydrogen (secondary N) is 3. The molecule has 3 saturated carbocycles. The maximum atomic E-state index is 14.7. The summed E-state index contributed by atoms with van der Waals surface area (Å²) >= 11 is 1.64. The number of likely N-dealkylation sites (tertiary alicyclic amines) is 1. The number of pyridine rings is 1. The van der Waals surface area contributed by atoms with Crippen LogP contribution < -0.4 is 25.4 Å². The van der Waals surface area contributed by atoms with Gasteiger partial charge < -0.3 is 44.6 Å². The smallest absolute Gasteiger partial charge is 0.408 e. The molecular weight excluding hydrogens is 749 g/mol. The summed E-state index contributed by atoms with van der Waals surface area (Å²) in [4.78, 5) is 65.9. The summed E-state index contributed by atoms with van der Waals surface area (Å²) in [5, 5.41) is 10.9.